The fourth-order valence-electron chi connectivity index (χ4n) is 4.31. The van der Waals surface area contributed by atoms with Crippen molar-refractivity contribution in [2.75, 3.05) is 11.9 Å². The van der Waals surface area contributed by atoms with Gasteiger partial charge in [-0.25, -0.2) is 4.39 Å². The van der Waals surface area contributed by atoms with Crippen LogP contribution in [-0.2, 0) is 9.59 Å². The van der Waals surface area contributed by atoms with Gasteiger partial charge in [0.25, 0.3) is 5.91 Å². The van der Waals surface area contributed by atoms with Crippen molar-refractivity contribution >= 4 is 23.2 Å². The Bertz CT molecular complexity index is 1010. The van der Waals surface area contributed by atoms with Crippen molar-refractivity contribution < 1.29 is 14.0 Å². The van der Waals surface area contributed by atoms with Crippen LogP contribution in [0.3, 0.4) is 0 Å². The molecule has 1 spiro atoms. The molecule has 1 aliphatic heterocycles. The van der Waals surface area contributed by atoms with Gasteiger partial charge in [-0.2, -0.15) is 0 Å². The minimum absolute atomic E-state index is 0.0556. The van der Waals surface area contributed by atoms with Crippen LogP contribution in [0.25, 0.3) is 0 Å². The monoisotopic (exact) mass is 407 g/mol. The van der Waals surface area contributed by atoms with E-state index in [1.54, 1.807) is 17.0 Å². The third kappa shape index (κ3) is 3.86. The summed E-state index contributed by atoms with van der Waals surface area (Å²) in [5.41, 5.74) is 3.18. The van der Waals surface area contributed by atoms with Crippen molar-refractivity contribution in [1.29, 1.82) is 0 Å². The van der Waals surface area contributed by atoms with Crippen molar-refractivity contribution in [3.05, 3.63) is 65.0 Å². The van der Waals surface area contributed by atoms with E-state index >= 15 is 0 Å². The van der Waals surface area contributed by atoms with Crippen molar-refractivity contribution in [3.8, 4) is 0 Å². The summed E-state index contributed by atoms with van der Waals surface area (Å²) >= 11 is 0. The van der Waals surface area contributed by atoms with Gasteiger partial charge in [-0.15, -0.1) is 0 Å². The minimum Gasteiger partial charge on any atom is -0.325 e. The maximum atomic E-state index is 13.3. The van der Waals surface area contributed by atoms with Gasteiger partial charge < -0.3 is 10.2 Å². The molecule has 2 amide bonds. The molecular weight excluding hydrogens is 381 g/mol. The zero-order chi connectivity index (χ0) is 21.3. The van der Waals surface area contributed by atoms with Crippen molar-refractivity contribution in [3.63, 3.8) is 0 Å². The second-order valence-electron chi connectivity index (χ2n) is 8.25. The fraction of sp³-hybridized carbons (Fsp3) is 0.375. The van der Waals surface area contributed by atoms with Crippen molar-refractivity contribution in [1.82, 2.24) is 4.90 Å². The van der Waals surface area contributed by atoms with Gasteiger partial charge in [0.2, 0.25) is 5.91 Å². The van der Waals surface area contributed by atoms with Gasteiger partial charge in [0.05, 0.1) is 0 Å². The number of nitrogens with one attached hydrogen (secondary N) is 1. The summed E-state index contributed by atoms with van der Waals surface area (Å²) in [4.78, 5) is 32.5. The van der Waals surface area contributed by atoms with Crippen LogP contribution in [0.15, 0.2) is 47.5 Å². The molecule has 30 heavy (non-hydrogen) atoms. The molecule has 1 saturated carbocycles. The molecule has 0 aromatic heterocycles. The molecule has 0 unspecified atom stereocenters. The average Bonchev–Trinajstić information content (AvgIpc) is 2.98. The molecule has 156 valence electrons. The Morgan fingerprint density at radius 2 is 1.77 bits per heavy atom. The van der Waals surface area contributed by atoms with Crippen LogP contribution in [-0.4, -0.2) is 34.6 Å². The molecule has 6 heteroatoms. The molecule has 4 rings (SSSR count). The Balaban J connectivity index is 1.57. The van der Waals surface area contributed by atoms with Gasteiger partial charge in [-0.05, 0) is 87.1 Å². The number of benzene rings is 2. The van der Waals surface area contributed by atoms with E-state index in [4.69, 9.17) is 4.99 Å². The molecule has 1 aliphatic carbocycles. The lowest BCUT2D eigenvalue weighted by Crippen LogP contribution is -2.51. The first-order valence-electron chi connectivity index (χ1n) is 10.4. The van der Waals surface area contributed by atoms with Crippen LogP contribution in [0, 0.1) is 19.7 Å². The number of carbonyl (C=O) groups excluding carboxylic acids is 2. The highest BCUT2D eigenvalue weighted by Gasteiger charge is 2.48. The molecule has 0 bridgehead atoms. The zero-order valence-electron chi connectivity index (χ0n) is 17.4. The normalized spacial score (nSPS) is 17.9. The van der Waals surface area contributed by atoms with Gasteiger partial charge in [-0.1, -0.05) is 12.5 Å². The van der Waals surface area contributed by atoms with Gasteiger partial charge in [-0.3, -0.25) is 14.6 Å². The minimum atomic E-state index is -0.681. The van der Waals surface area contributed by atoms with Gasteiger partial charge in [0.1, 0.15) is 23.7 Å². The Kier molecular flexibility index (Phi) is 5.41. The SMILES string of the molecule is Cc1ccc(NC(=O)CN2C(=O)C(c3ccc(F)cc3)=NC23CCCCC3)cc1C. The van der Waals surface area contributed by atoms with Crippen LogP contribution in [0.2, 0.25) is 0 Å². The van der Waals surface area contributed by atoms with E-state index < -0.39 is 5.66 Å². The highest BCUT2D eigenvalue weighted by atomic mass is 19.1. The lowest BCUT2D eigenvalue weighted by atomic mass is 9.88. The average molecular weight is 407 g/mol. The van der Waals surface area contributed by atoms with E-state index in [9.17, 15) is 14.0 Å². The predicted octanol–water partition coefficient (Wildman–Crippen LogP) is 4.37. The Morgan fingerprint density at radius 3 is 2.43 bits per heavy atom. The molecule has 2 aromatic rings. The summed E-state index contributed by atoms with van der Waals surface area (Å²) < 4.78 is 13.3. The molecule has 2 aromatic carbocycles. The van der Waals surface area contributed by atoms with E-state index in [0.29, 0.717) is 17.0 Å². The predicted molar refractivity (Wildman–Crippen MR) is 115 cm³/mol. The first kappa shape index (κ1) is 20.3. The van der Waals surface area contributed by atoms with Crippen LogP contribution in [0.5, 0.6) is 0 Å². The summed E-state index contributed by atoms with van der Waals surface area (Å²) in [5, 5.41) is 2.91. The number of anilines is 1. The van der Waals surface area contributed by atoms with Gasteiger partial charge >= 0.3 is 0 Å². The van der Waals surface area contributed by atoms with E-state index in [1.165, 1.54) is 12.1 Å². The number of nitrogens with zero attached hydrogens (tertiary/aromatic N) is 2. The molecule has 0 radical (unpaired) electrons. The molecule has 1 heterocycles. The smallest absolute Gasteiger partial charge is 0.275 e. The zero-order valence-corrected chi connectivity index (χ0v) is 17.4. The summed E-state index contributed by atoms with van der Waals surface area (Å²) in [6, 6.07) is 11.5. The fourth-order valence-corrected chi connectivity index (χ4v) is 4.31. The first-order chi connectivity index (χ1) is 14.4. The van der Waals surface area contributed by atoms with E-state index in [1.807, 2.05) is 32.0 Å². The Hall–Kier alpha value is -3.02. The number of hydrogen-bond acceptors (Lipinski definition) is 3. The maximum absolute atomic E-state index is 13.3. The van der Waals surface area contributed by atoms with E-state index in [-0.39, 0.29) is 24.2 Å². The summed E-state index contributed by atoms with van der Waals surface area (Å²) in [6.07, 6.45) is 4.49. The quantitative estimate of drug-likeness (QED) is 0.818. The van der Waals surface area contributed by atoms with Crippen molar-refractivity contribution in [2.24, 2.45) is 4.99 Å². The van der Waals surface area contributed by atoms with Crippen LogP contribution in [0.1, 0.15) is 48.8 Å². The number of aliphatic imine (C=N–C) groups is 1. The molecule has 5 nitrogen and oxygen atoms in total. The number of amides is 2. The van der Waals surface area contributed by atoms with Crippen LogP contribution >= 0.6 is 0 Å². The third-order valence-corrected chi connectivity index (χ3v) is 6.13. The molecule has 0 saturated heterocycles. The highest BCUT2D eigenvalue weighted by molar-refractivity contribution is 6.47. The maximum Gasteiger partial charge on any atom is 0.275 e. The van der Waals surface area contributed by atoms with E-state index in [0.717, 1.165) is 43.2 Å². The van der Waals surface area contributed by atoms with Crippen LogP contribution in [0.4, 0.5) is 10.1 Å². The Morgan fingerprint density at radius 1 is 1.07 bits per heavy atom. The molecule has 1 N–H and O–H groups in total. The van der Waals surface area contributed by atoms with Gasteiger partial charge in [0.15, 0.2) is 0 Å². The second-order valence-corrected chi connectivity index (χ2v) is 8.25. The first-order valence-corrected chi connectivity index (χ1v) is 10.4. The lowest BCUT2D eigenvalue weighted by molar-refractivity contribution is -0.134. The summed E-state index contributed by atoms with van der Waals surface area (Å²) in [7, 11) is 0. The topological polar surface area (TPSA) is 61.8 Å². The van der Waals surface area contributed by atoms with Crippen molar-refractivity contribution in [2.45, 2.75) is 51.6 Å². The number of carbonyl (C=O) groups is 2. The molecule has 2 aliphatic rings. The van der Waals surface area contributed by atoms with Gasteiger partial charge in [0, 0.05) is 11.3 Å². The second kappa shape index (κ2) is 8.01. The Labute approximate surface area is 176 Å². The number of halogens is 1. The lowest BCUT2D eigenvalue weighted by Gasteiger charge is -2.38. The molecular formula is C24H26FN3O2. The number of rotatable bonds is 4. The largest absolute Gasteiger partial charge is 0.325 e. The number of hydrogen-bond donors (Lipinski definition) is 1. The summed E-state index contributed by atoms with van der Waals surface area (Å²) in [5.74, 6) is -0.868. The molecule has 1 fully saturated rings. The third-order valence-electron chi connectivity index (χ3n) is 6.13. The van der Waals surface area contributed by atoms with E-state index in [2.05, 4.69) is 5.32 Å². The highest BCUT2D eigenvalue weighted by Crippen LogP contribution is 2.39. The van der Waals surface area contributed by atoms with Crippen LogP contribution < -0.4 is 5.32 Å². The number of aryl methyl sites for hydroxylation is 2. The summed E-state index contributed by atoms with van der Waals surface area (Å²) in [6.45, 7) is 3.96. The standard InChI is InChI=1S/C24H26FN3O2/c1-16-6-11-20(14-17(16)2)26-21(29)15-28-23(30)22(18-7-9-19(25)10-8-18)27-24(28)12-4-3-5-13-24/h6-11,14H,3-5,12-13,15H2,1-2H3,(H,26,29). The molecule has 0 atom stereocenters.